The molecule has 3 nitrogen and oxygen atoms in total. The minimum Gasteiger partial charge on any atom is -0.465 e. The summed E-state index contributed by atoms with van der Waals surface area (Å²) in [7, 11) is 0. The second-order valence-corrected chi connectivity index (χ2v) is 5.44. The quantitative estimate of drug-likeness (QED) is 0.438. The highest BCUT2D eigenvalue weighted by molar-refractivity contribution is 7.98. The van der Waals surface area contributed by atoms with Crippen molar-refractivity contribution in [3.63, 3.8) is 0 Å². The molecule has 0 rings (SSSR count). The van der Waals surface area contributed by atoms with Gasteiger partial charge in [-0.2, -0.15) is 11.8 Å². The molecule has 1 unspecified atom stereocenters. The van der Waals surface area contributed by atoms with Gasteiger partial charge in [0.05, 0.1) is 6.61 Å². The van der Waals surface area contributed by atoms with Crippen molar-refractivity contribution < 1.29 is 9.53 Å². The smallest absolute Gasteiger partial charge is 0.323 e. The van der Waals surface area contributed by atoms with E-state index in [-0.39, 0.29) is 12.0 Å². The zero-order valence-corrected chi connectivity index (χ0v) is 13.0. The molecular weight excluding hydrogens is 246 g/mol. The molecule has 0 aliphatic rings. The Labute approximate surface area is 116 Å². The van der Waals surface area contributed by atoms with E-state index in [1.54, 1.807) is 0 Å². The van der Waals surface area contributed by atoms with E-state index in [2.05, 4.69) is 18.5 Å². The lowest BCUT2D eigenvalue weighted by Crippen LogP contribution is -2.38. The lowest BCUT2D eigenvalue weighted by Gasteiger charge is -2.16. The molecule has 0 spiro atoms. The third-order valence-corrected chi connectivity index (χ3v) is 3.51. The number of ether oxygens (including phenoxy) is 1. The largest absolute Gasteiger partial charge is 0.465 e. The SMILES string of the molecule is CCCC(NCCCCCCSC)C(=O)OCC. The maximum Gasteiger partial charge on any atom is 0.323 e. The molecule has 0 aromatic heterocycles. The number of thioether (sulfide) groups is 1. The fourth-order valence-corrected chi connectivity index (χ4v) is 2.33. The van der Waals surface area contributed by atoms with Crippen molar-refractivity contribution in [1.29, 1.82) is 0 Å². The van der Waals surface area contributed by atoms with Crippen LogP contribution in [-0.2, 0) is 9.53 Å². The predicted octanol–water partition coefficient (Wildman–Crippen LogP) is 3.23. The van der Waals surface area contributed by atoms with Gasteiger partial charge in [0, 0.05) is 0 Å². The molecule has 1 N–H and O–H groups in total. The maximum absolute atomic E-state index is 11.7. The van der Waals surface area contributed by atoms with Crippen LogP contribution in [0.2, 0.25) is 0 Å². The highest BCUT2D eigenvalue weighted by atomic mass is 32.2. The van der Waals surface area contributed by atoms with Crippen molar-refractivity contribution in [2.45, 2.75) is 58.4 Å². The molecule has 0 bridgehead atoms. The standard InChI is InChI=1S/C14H29NO2S/c1-4-10-13(14(16)17-5-2)15-11-8-6-7-9-12-18-3/h13,15H,4-12H2,1-3H3. The lowest BCUT2D eigenvalue weighted by molar-refractivity contribution is -0.145. The summed E-state index contributed by atoms with van der Waals surface area (Å²) in [5.41, 5.74) is 0. The van der Waals surface area contributed by atoms with Gasteiger partial charge >= 0.3 is 5.97 Å². The molecular formula is C14H29NO2S. The number of hydrogen-bond acceptors (Lipinski definition) is 4. The number of hydrogen-bond donors (Lipinski definition) is 1. The maximum atomic E-state index is 11.7. The van der Waals surface area contributed by atoms with Gasteiger partial charge in [-0.25, -0.2) is 0 Å². The Hall–Kier alpha value is -0.220. The highest BCUT2D eigenvalue weighted by Gasteiger charge is 2.17. The molecule has 18 heavy (non-hydrogen) atoms. The van der Waals surface area contributed by atoms with Gasteiger partial charge in [0.25, 0.3) is 0 Å². The first-order valence-corrected chi connectivity index (χ1v) is 8.54. The molecule has 0 radical (unpaired) electrons. The van der Waals surface area contributed by atoms with Gasteiger partial charge < -0.3 is 10.1 Å². The van der Waals surface area contributed by atoms with E-state index in [1.165, 1.54) is 25.0 Å². The zero-order valence-electron chi connectivity index (χ0n) is 12.2. The highest BCUT2D eigenvalue weighted by Crippen LogP contribution is 2.05. The van der Waals surface area contributed by atoms with Gasteiger partial charge in [-0.1, -0.05) is 26.2 Å². The van der Waals surface area contributed by atoms with Crippen LogP contribution in [0.25, 0.3) is 0 Å². The minimum atomic E-state index is -0.110. The monoisotopic (exact) mass is 275 g/mol. The summed E-state index contributed by atoms with van der Waals surface area (Å²) in [4.78, 5) is 11.7. The number of rotatable bonds is 12. The van der Waals surface area contributed by atoms with Gasteiger partial charge in [0.15, 0.2) is 0 Å². The molecule has 0 fully saturated rings. The summed E-state index contributed by atoms with van der Waals surface area (Å²) < 4.78 is 5.06. The zero-order chi connectivity index (χ0) is 13.6. The summed E-state index contributed by atoms with van der Waals surface area (Å²) in [6, 6.07) is -0.110. The number of carbonyl (C=O) groups excluding carboxylic acids is 1. The third kappa shape index (κ3) is 9.77. The fraction of sp³-hybridized carbons (Fsp3) is 0.929. The van der Waals surface area contributed by atoms with Crippen LogP contribution in [0.5, 0.6) is 0 Å². The van der Waals surface area contributed by atoms with Crippen molar-refractivity contribution in [1.82, 2.24) is 5.32 Å². The van der Waals surface area contributed by atoms with E-state index in [1.807, 2.05) is 18.7 Å². The Kier molecular flexibility index (Phi) is 13.1. The van der Waals surface area contributed by atoms with E-state index in [4.69, 9.17) is 4.74 Å². The second-order valence-electron chi connectivity index (χ2n) is 4.45. The molecule has 0 aliphatic carbocycles. The number of unbranched alkanes of at least 4 members (excludes halogenated alkanes) is 3. The van der Waals surface area contributed by atoms with Crippen LogP contribution < -0.4 is 5.32 Å². The Bertz CT molecular complexity index is 200. The van der Waals surface area contributed by atoms with Crippen LogP contribution in [-0.4, -0.2) is 37.2 Å². The first kappa shape index (κ1) is 17.8. The Morgan fingerprint density at radius 1 is 1.22 bits per heavy atom. The van der Waals surface area contributed by atoms with Gasteiger partial charge in [-0.3, -0.25) is 4.79 Å². The van der Waals surface area contributed by atoms with Crippen LogP contribution in [0.3, 0.4) is 0 Å². The summed E-state index contributed by atoms with van der Waals surface area (Å²) in [5.74, 6) is 1.16. The first-order valence-electron chi connectivity index (χ1n) is 7.15. The Morgan fingerprint density at radius 3 is 2.56 bits per heavy atom. The summed E-state index contributed by atoms with van der Waals surface area (Å²) in [6.07, 6.45) is 9.01. The molecule has 108 valence electrons. The number of carbonyl (C=O) groups is 1. The third-order valence-electron chi connectivity index (χ3n) is 2.81. The van der Waals surface area contributed by atoms with E-state index in [0.717, 1.165) is 25.8 Å². The molecule has 0 aromatic carbocycles. The number of nitrogens with one attached hydrogen (secondary N) is 1. The normalized spacial score (nSPS) is 12.4. The average molecular weight is 275 g/mol. The van der Waals surface area contributed by atoms with E-state index in [9.17, 15) is 4.79 Å². The van der Waals surface area contributed by atoms with Gasteiger partial charge in [0.1, 0.15) is 6.04 Å². The van der Waals surface area contributed by atoms with Crippen LogP contribution in [0.1, 0.15) is 52.4 Å². The van der Waals surface area contributed by atoms with E-state index in [0.29, 0.717) is 6.61 Å². The van der Waals surface area contributed by atoms with Crippen LogP contribution in [0.15, 0.2) is 0 Å². The molecule has 4 heteroatoms. The number of esters is 1. The van der Waals surface area contributed by atoms with E-state index >= 15 is 0 Å². The van der Waals surface area contributed by atoms with Gasteiger partial charge in [-0.05, 0) is 44.7 Å². The fourth-order valence-electron chi connectivity index (χ4n) is 1.84. The van der Waals surface area contributed by atoms with Crippen molar-refractivity contribution in [3.8, 4) is 0 Å². The molecule has 0 amide bonds. The molecule has 0 saturated carbocycles. The van der Waals surface area contributed by atoms with Gasteiger partial charge in [0.2, 0.25) is 0 Å². The molecule has 0 aliphatic heterocycles. The minimum absolute atomic E-state index is 0.0956. The van der Waals surface area contributed by atoms with Crippen molar-refractivity contribution >= 4 is 17.7 Å². The summed E-state index contributed by atoms with van der Waals surface area (Å²) >= 11 is 1.91. The van der Waals surface area contributed by atoms with Gasteiger partial charge in [-0.15, -0.1) is 0 Å². The van der Waals surface area contributed by atoms with Crippen LogP contribution >= 0.6 is 11.8 Å². The predicted molar refractivity (Wildman–Crippen MR) is 80.2 cm³/mol. The topological polar surface area (TPSA) is 38.3 Å². The first-order chi connectivity index (χ1) is 8.76. The lowest BCUT2D eigenvalue weighted by atomic mass is 10.1. The van der Waals surface area contributed by atoms with Crippen molar-refractivity contribution in [2.24, 2.45) is 0 Å². The molecule has 0 saturated heterocycles. The van der Waals surface area contributed by atoms with Crippen molar-refractivity contribution in [2.75, 3.05) is 25.2 Å². The average Bonchev–Trinajstić information content (AvgIpc) is 2.36. The van der Waals surface area contributed by atoms with Crippen LogP contribution in [0.4, 0.5) is 0 Å². The van der Waals surface area contributed by atoms with Crippen LogP contribution in [0, 0.1) is 0 Å². The molecule has 0 aromatic rings. The summed E-state index contributed by atoms with van der Waals surface area (Å²) in [5, 5.41) is 3.32. The molecule has 0 heterocycles. The summed E-state index contributed by atoms with van der Waals surface area (Å²) in [6.45, 7) is 5.33. The van der Waals surface area contributed by atoms with E-state index < -0.39 is 0 Å². The Morgan fingerprint density at radius 2 is 1.94 bits per heavy atom. The molecule has 1 atom stereocenters. The van der Waals surface area contributed by atoms with Crippen molar-refractivity contribution in [3.05, 3.63) is 0 Å². The second kappa shape index (κ2) is 13.2. The Balaban J connectivity index is 3.60.